The first-order valence-corrected chi connectivity index (χ1v) is 14.2. The van der Waals surface area contributed by atoms with Crippen molar-refractivity contribution in [3.63, 3.8) is 0 Å². The van der Waals surface area contributed by atoms with Crippen LogP contribution in [0.3, 0.4) is 0 Å². The average Bonchev–Trinajstić information content (AvgIpc) is 2.91. The Morgan fingerprint density at radius 1 is 1.03 bits per heavy atom. The van der Waals surface area contributed by atoms with Gasteiger partial charge in [-0.05, 0) is 72.5 Å². The number of nitrogens with zero attached hydrogens (tertiary/aromatic N) is 3. The molecule has 0 aliphatic carbocycles. The number of methoxy groups -OCH3 is 1. The third-order valence-electron chi connectivity index (χ3n) is 5.89. The topological polar surface area (TPSA) is 83.6 Å². The van der Waals surface area contributed by atoms with Gasteiger partial charge < -0.3 is 29.7 Å². The van der Waals surface area contributed by atoms with E-state index in [0.29, 0.717) is 24.1 Å². The van der Waals surface area contributed by atoms with E-state index in [9.17, 15) is 0 Å². The Labute approximate surface area is 225 Å². The van der Waals surface area contributed by atoms with Crippen LogP contribution >= 0.6 is 27.9 Å². The van der Waals surface area contributed by atoms with E-state index in [0.717, 1.165) is 40.2 Å². The highest BCUT2D eigenvalue weighted by atomic mass is 79.9. The number of aromatic nitrogens is 2. The van der Waals surface area contributed by atoms with Crippen molar-refractivity contribution in [2.75, 3.05) is 55.0 Å². The minimum Gasteiger partial charge on any atom is -0.494 e. The minimum atomic E-state index is 0.449. The van der Waals surface area contributed by atoms with Gasteiger partial charge in [0, 0.05) is 25.1 Å². The third-order valence-corrected chi connectivity index (χ3v) is 6.90. The van der Waals surface area contributed by atoms with Crippen molar-refractivity contribution in [3.8, 4) is 11.5 Å². The first-order valence-electron chi connectivity index (χ1n) is 12.1. The number of benzene rings is 2. The third kappa shape index (κ3) is 7.41. The zero-order chi connectivity index (χ0) is 25.2. The maximum Gasteiger partial charge on any atom is 0.229 e. The lowest BCUT2D eigenvalue weighted by Crippen LogP contribution is -2.31. The van der Waals surface area contributed by atoms with Gasteiger partial charge in [-0.2, -0.15) is 4.98 Å². The quantitative estimate of drug-likeness (QED) is 0.162. The van der Waals surface area contributed by atoms with Crippen LogP contribution in [0.2, 0.25) is 0 Å². The van der Waals surface area contributed by atoms with Gasteiger partial charge in [0.2, 0.25) is 5.95 Å². The summed E-state index contributed by atoms with van der Waals surface area (Å²) < 4.78 is 15.6. The Bertz CT molecular complexity index is 1130. The van der Waals surface area contributed by atoms with Gasteiger partial charge in [0.05, 0.1) is 35.3 Å². The van der Waals surface area contributed by atoms with E-state index in [1.807, 2.05) is 48.7 Å². The standard InChI is InChI=1S/C26H33BrN6O2S/c1-34-24-17-19(35-16-8-15-33-13-6-3-7-14-33)11-12-23(24)30-26-28-18-20(27)25(31-26)29-21-9-4-5-10-22(21)32-36-2/h4-5,9-12,17-18,32H,3,6-8,13-16H2,1-2H3,(H2,28,29,30,31). The molecular weight excluding hydrogens is 540 g/mol. The molecule has 3 aromatic rings. The summed E-state index contributed by atoms with van der Waals surface area (Å²) >= 11 is 5.08. The van der Waals surface area contributed by atoms with E-state index in [2.05, 4.69) is 46.2 Å². The van der Waals surface area contributed by atoms with E-state index >= 15 is 0 Å². The number of para-hydroxylation sites is 2. The monoisotopic (exact) mass is 572 g/mol. The number of piperidine rings is 1. The molecule has 8 nitrogen and oxygen atoms in total. The lowest BCUT2D eigenvalue weighted by Gasteiger charge is -2.26. The molecule has 0 saturated carbocycles. The van der Waals surface area contributed by atoms with Gasteiger partial charge >= 0.3 is 0 Å². The summed E-state index contributed by atoms with van der Waals surface area (Å²) in [5, 5.41) is 6.64. The van der Waals surface area contributed by atoms with E-state index in [1.165, 1.54) is 44.3 Å². The first kappa shape index (κ1) is 26.4. The van der Waals surface area contributed by atoms with Crippen molar-refractivity contribution in [1.29, 1.82) is 0 Å². The van der Waals surface area contributed by atoms with Crippen LogP contribution in [0.5, 0.6) is 11.5 Å². The van der Waals surface area contributed by atoms with Gasteiger partial charge in [-0.1, -0.05) is 30.5 Å². The Morgan fingerprint density at radius 3 is 2.61 bits per heavy atom. The van der Waals surface area contributed by atoms with E-state index in [4.69, 9.17) is 9.47 Å². The largest absolute Gasteiger partial charge is 0.494 e. The van der Waals surface area contributed by atoms with Gasteiger partial charge in [0.1, 0.15) is 17.3 Å². The molecule has 2 heterocycles. The highest BCUT2D eigenvalue weighted by Gasteiger charge is 2.12. The van der Waals surface area contributed by atoms with Crippen LogP contribution in [0.4, 0.5) is 28.8 Å². The fraction of sp³-hybridized carbons (Fsp3) is 0.385. The van der Waals surface area contributed by atoms with Crippen LogP contribution < -0.4 is 24.8 Å². The molecule has 0 unspecified atom stereocenters. The Balaban J connectivity index is 1.39. The SMILES string of the molecule is COc1cc(OCCCN2CCCCC2)ccc1Nc1ncc(Br)c(Nc2ccccc2NSC)n1. The molecule has 0 spiro atoms. The van der Waals surface area contributed by atoms with Crippen LogP contribution in [0.25, 0.3) is 0 Å². The lowest BCUT2D eigenvalue weighted by atomic mass is 10.1. The number of anilines is 5. The van der Waals surface area contributed by atoms with Crippen LogP contribution in [0.15, 0.2) is 53.1 Å². The van der Waals surface area contributed by atoms with Gasteiger partial charge in [0.25, 0.3) is 0 Å². The molecule has 192 valence electrons. The Morgan fingerprint density at radius 2 is 1.83 bits per heavy atom. The summed E-state index contributed by atoms with van der Waals surface area (Å²) in [6.45, 7) is 4.20. The maximum absolute atomic E-state index is 5.99. The van der Waals surface area contributed by atoms with Crippen molar-refractivity contribution in [2.45, 2.75) is 25.7 Å². The molecule has 10 heteroatoms. The predicted octanol–water partition coefficient (Wildman–Crippen LogP) is 6.68. The second-order valence-electron chi connectivity index (χ2n) is 8.46. The molecule has 0 atom stereocenters. The first-order chi connectivity index (χ1) is 17.7. The number of ether oxygens (including phenoxy) is 2. The van der Waals surface area contributed by atoms with Crippen LogP contribution in [-0.2, 0) is 0 Å². The maximum atomic E-state index is 5.99. The molecule has 4 rings (SSSR count). The number of hydrogen-bond acceptors (Lipinski definition) is 9. The predicted molar refractivity (Wildman–Crippen MR) is 153 cm³/mol. The van der Waals surface area contributed by atoms with E-state index in [1.54, 1.807) is 13.3 Å². The summed E-state index contributed by atoms with van der Waals surface area (Å²) in [5.41, 5.74) is 2.64. The molecule has 1 aliphatic rings. The molecule has 2 aromatic carbocycles. The number of halogens is 1. The molecule has 1 aliphatic heterocycles. The van der Waals surface area contributed by atoms with Crippen LogP contribution in [-0.4, -0.2) is 54.5 Å². The van der Waals surface area contributed by atoms with Crippen molar-refractivity contribution < 1.29 is 9.47 Å². The lowest BCUT2D eigenvalue weighted by molar-refractivity contribution is 0.205. The van der Waals surface area contributed by atoms with Crippen molar-refractivity contribution >= 4 is 56.7 Å². The zero-order valence-electron chi connectivity index (χ0n) is 20.7. The summed E-state index contributed by atoms with van der Waals surface area (Å²) in [6.07, 6.45) is 8.71. The van der Waals surface area contributed by atoms with Crippen molar-refractivity contribution in [1.82, 2.24) is 14.9 Å². The molecule has 0 bridgehead atoms. The highest BCUT2D eigenvalue weighted by Crippen LogP contribution is 2.33. The second-order valence-corrected chi connectivity index (χ2v) is 9.93. The summed E-state index contributed by atoms with van der Waals surface area (Å²) in [6, 6.07) is 13.7. The number of nitrogens with one attached hydrogen (secondary N) is 3. The normalized spacial score (nSPS) is 13.8. The Hall–Kier alpha value is -2.69. The fourth-order valence-corrected chi connectivity index (χ4v) is 4.77. The van der Waals surface area contributed by atoms with Gasteiger partial charge in [-0.15, -0.1) is 0 Å². The average molecular weight is 574 g/mol. The molecule has 3 N–H and O–H groups in total. The van der Waals surface area contributed by atoms with Crippen molar-refractivity contribution in [3.05, 3.63) is 53.1 Å². The number of hydrogen-bond donors (Lipinski definition) is 3. The molecule has 1 aromatic heterocycles. The molecule has 0 radical (unpaired) electrons. The molecule has 1 saturated heterocycles. The smallest absolute Gasteiger partial charge is 0.229 e. The number of rotatable bonds is 12. The molecule has 1 fully saturated rings. The van der Waals surface area contributed by atoms with Crippen LogP contribution in [0.1, 0.15) is 25.7 Å². The van der Waals surface area contributed by atoms with Gasteiger partial charge in [-0.3, -0.25) is 0 Å². The summed E-state index contributed by atoms with van der Waals surface area (Å²) in [5.74, 6) is 2.55. The summed E-state index contributed by atoms with van der Waals surface area (Å²) in [4.78, 5) is 11.6. The van der Waals surface area contributed by atoms with E-state index < -0.39 is 0 Å². The second kappa shape index (κ2) is 13.6. The van der Waals surface area contributed by atoms with Gasteiger partial charge in [-0.25, -0.2) is 4.98 Å². The molecule has 36 heavy (non-hydrogen) atoms. The molecule has 0 amide bonds. The minimum absolute atomic E-state index is 0.449. The van der Waals surface area contributed by atoms with E-state index in [-0.39, 0.29) is 0 Å². The molecular formula is C26H33BrN6O2S. The summed E-state index contributed by atoms with van der Waals surface area (Å²) in [7, 11) is 1.64. The zero-order valence-corrected chi connectivity index (χ0v) is 23.1. The fourth-order valence-electron chi connectivity index (χ4n) is 4.08. The van der Waals surface area contributed by atoms with Crippen molar-refractivity contribution in [2.24, 2.45) is 0 Å². The van der Waals surface area contributed by atoms with Crippen LogP contribution in [0, 0.1) is 0 Å². The van der Waals surface area contributed by atoms with Gasteiger partial charge in [0.15, 0.2) is 0 Å². The Kier molecular flexibility index (Phi) is 9.94. The number of likely N-dealkylation sites (tertiary alicyclic amines) is 1. The highest BCUT2D eigenvalue weighted by molar-refractivity contribution is 9.10.